The Labute approximate surface area is 340 Å². The molecule has 2 aliphatic rings. The van der Waals surface area contributed by atoms with Crippen LogP contribution in [-0.2, 0) is 0 Å². The first-order chi connectivity index (χ1) is 27.1. The van der Waals surface area contributed by atoms with Gasteiger partial charge in [-0.15, -0.1) is 34.0 Å². The minimum absolute atomic E-state index is 0.229. The summed E-state index contributed by atoms with van der Waals surface area (Å²) < 4.78 is 187. The molecule has 0 saturated carbocycles. The van der Waals surface area contributed by atoms with Gasteiger partial charge in [0, 0.05) is 41.4 Å². The number of hydrogen-bond donors (Lipinski definition) is 0. The molecule has 0 nitrogen and oxygen atoms in total. The van der Waals surface area contributed by atoms with Gasteiger partial charge in [0.25, 0.3) is 0 Å². The number of thiophene rings is 3. The molecular formula is C40H21BrF14S3. The Morgan fingerprint density at radius 3 is 0.948 bits per heavy atom. The van der Waals surface area contributed by atoms with E-state index in [4.69, 9.17) is 0 Å². The molecule has 18 heteroatoms. The van der Waals surface area contributed by atoms with E-state index in [0.29, 0.717) is 11.1 Å². The Balaban J connectivity index is 0.000000185. The molecule has 0 fully saturated rings. The summed E-state index contributed by atoms with van der Waals surface area (Å²) in [6.45, 7) is 0. The summed E-state index contributed by atoms with van der Waals surface area (Å²) in [5.41, 5.74) is -1.03. The Morgan fingerprint density at radius 1 is 0.362 bits per heavy atom. The van der Waals surface area contributed by atoms with Gasteiger partial charge in [-0.05, 0) is 67.0 Å². The highest BCUT2D eigenvalue weighted by atomic mass is 79.9. The van der Waals surface area contributed by atoms with Crippen LogP contribution in [0, 0.1) is 0 Å². The molecule has 0 N–H and O–H groups in total. The van der Waals surface area contributed by atoms with Crippen LogP contribution in [0.2, 0.25) is 0 Å². The zero-order valence-electron chi connectivity index (χ0n) is 28.5. The molecular weight excluding hydrogens is 923 g/mol. The average Bonchev–Trinajstić information content (AvgIpc) is 4.01. The summed E-state index contributed by atoms with van der Waals surface area (Å²) in [7, 11) is 0. The van der Waals surface area contributed by atoms with Crippen LogP contribution in [0.4, 0.5) is 61.5 Å². The van der Waals surface area contributed by atoms with Crippen molar-refractivity contribution in [3.63, 3.8) is 0 Å². The quantitative estimate of drug-likeness (QED) is 0.151. The van der Waals surface area contributed by atoms with Crippen molar-refractivity contribution in [3.8, 4) is 31.3 Å². The highest BCUT2D eigenvalue weighted by molar-refractivity contribution is 9.10. The van der Waals surface area contributed by atoms with E-state index in [9.17, 15) is 43.9 Å². The van der Waals surface area contributed by atoms with Crippen LogP contribution in [0.25, 0.3) is 42.5 Å². The SMILES string of the molecule is Brc1ccsc1-c1ccccc1.FC1(F)C(c2ccsc2-c2ccccc2)=C(c2ccsc2-c2ccccc2)C(F)(F)C1(F)F.FC1=C(F)C(F)(F)C(F)(F)C1(F)F. The van der Waals surface area contributed by atoms with E-state index in [2.05, 4.69) is 51.6 Å². The molecule has 0 saturated heterocycles. The van der Waals surface area contributed by atoms with Crippen molar-refractivity contribution < 1.29 is 61.5 Å². The molecule has 0 bridgehead atoms. The van der Waals surface area contributed by atoms with Gasteiger partial charge in [0.2, 0.25) is 11.7 Å². The Hall–Kier alpha value is -4.26. The predicted molar refractivity (Wildman–Crippen MR) is 203 cm³/mol. The van der Waals surface area contributed by atoms with E-state index < -0.39 is 58.3 Å². The zero-order valence-corrected chi connectivity index (χ0v) is 32.6. The van der Waals surface area contributed by atoms with Crippen LogP contribution in [0.15, 0.2) is 141 Å². The van der Waals surface area contributed by atoms with Crippen LogP contribution >= 0.6 is 49.9 Å². The monoisotopic (exact) mass is 942 g/mol. The molecule has 0 atom stereocenters. The van der Waals surface area contributed by atoms with Crippen molar-refractivity contribution >= 4 is 61.1 Å². The summed E-state index contributed by atoms with van der Waals surface area (Å²) in [6, 6.07) is 31.5. The summed E-state index contributed by atoms with van der Waals surface area (Å²) in [5.74, 6) is -40.2. The van der Waals surface area contributed by atoms with Crippen molar-refractivity contribution in [2.45, 2.75) is 35.5 Å². The maximum Gasteiger partial charge on any atom is 0.385 e. The molecule has 0 spiro atoms. The van der Waals surface area contributed by atoms with Crippen LogP contribution in [-0.4, -0.2) is 35.5 Å². The minimum atomic E-state index is -6.06. The lowest BCUT2D eigenvalue weighted by molar-refractivity contribution is -0.271. The number of alkyl halides is 12. The van der Waals surface area contributed by atoms with E-state index in [0.717, 1.165) is 22.7 Å². The van der Waals surface area contributed by atoms with Gasteiger partial charge in [-0.3, -0.25) is 0 Å². The lowest BCUT2D eigenvalue weighted by Gasteiger charge is -2.26. The number of hydrogen-bond acceptors (Lipinski definition) is 3. The van der Waals surface area contributed by atoms with Crippen molar-refractivity contribution in [2.24, 2.45) is 0 Å². The summed E-state index contributed by atoms with van der Waals surface area (Å²) in [4.78, 5) is 1.76. The molecule has 0 radical (unpaired) electrons. The van der Waals surface area contributed by atoms with Crippen LogP contribution in [0.5, 0.6) is 0 Å². The van der Waals surface area contributed by atoms with E-state index in [-0.39, 0.29) is 20.9 Å². The van der Waals surface area contributed by atoms with Crippen LogP contribution in [0.3, 0.4) is 0 Å². The largest absolute Gasteiger partial charge is 0.385 e. The first-order valence-electron chi connectivity index (χ1n) is 16.3. The Kier molecular flexibility index (Phi) is 11.7. The second-order valence-electron chi connectivity index (χ2n) is 12.3. The van der Waals surface area contributed by atoms with Gasteiger partial charge in [0.05, 0.1) is 0 Å². The standard InChI is InChI=1S/C25H14F6S2.C10H7BrS.C5F8/c26-23(27)19(17-11-13-32-21(17)15-7-3-1-4-8-15)20(24(28,29)25(23,30)31)18-12-14-33-22(18)16-9-5-2-6-10-16;11-9-6-7-12-10(9)8-4-2-1-3-5-8;6-1-2(7)4(10,11)5(12,13)3(1,8)9/h1-14H;1-7H;. The van der Waals surface area contributed by atoms with Gasteiger partial charge in [0.1, 0.15) is 0 Å². The minimum Gasteiger partial charge on any atom is -0.202 e. The third-order valence-corrected chi connectivity index (χ3v) is 12.6. The molecule has 3 aromatic heterocycles. The second-order valence-corrected chi connectivity index (χ2v) is 15.9. The summed E-state index contributed by atoms with van der Waals surface area (Å²) in [5, 5.41) is 4.98. The summed E-state index contributed by atoms with van der Waals surface area (Å²) in [6.07, 6.45) is 0. The molecule has 58 heavy (non-hydrogen) atoms. The summed E-state index contributed by atoms with van der Waals surface area (Å²) >= 11 is 7.34. The van der Waals surface area contributed by atoms with Crippen molar-refractivity contribution in [1.29, 1.82) is 0 Å². The van der Waals surface area contributed by atoms with Crippen molar-refractivity contribution in [3.05, 3.63) is 153 Å². The fourth-order valence-corrected chi connectivity index (χ4v) is 9.34. The predicted octanol–water partition coefficient (Wildman–Crippen LogP) is 16.2. The van der Waals surface area contributed by atoms with Crippen molar-refractivity contribution in [2.75, 3.05) is 0 Å². The molecule has 304 valence electrons. The fourth-order valence-electron chi connectivity index (χ4n) is 5.91. The number of rotatable bonds is 5. The third-order valence-electron chi connectivity index (χ3n) is 8.79. The first-order valence-corrected chi connectivity index (χ1v) is 19.7. The van der Waals surface area contributed by atoms with E-state index in [1.165, 1.54) is 37.8 Å². The molecule has 8 rings (SSSR count). The lowest BCUT2D eigenvalue weighted by Crippen LogP contribution is -2.48. The van der Waals surface area contributed by atoms with Crippen LogP contribution in [0.1, 0.15) is 11.1 Å². The van der Waals surface area contributed by atoms with Gasteiger partial charge in [-0.1, -0.05) is 91.0 Å². The van der Waals surface area contributed by atoms with Gasteiger partial charge < -0.3 is 0 Å². The highest BCUT2D eigenvalue weighted by Gasteiger charge is 2.82. The third kappa shape index (κ3) is 7.02. The number of benzene rings is 3. The van der Waals surface area contributed by atoms with E-state index in [1.807, 2.05) is 6.07 Å². The smallest absolute Gasteiger partial charge is 0.202 e. The van der Waals surface area contributed by atoms with Gasteiger partial charge >= 0.3 is 35.5 Å². The zero-order chi connectivity index (χ0) is 42.5. The van der Waals surface area contributed by atoms with Crippen LogP contribution < -0.4 is 0 Å². The maximum atomic E-state index is 15.2. The van der Waals surface area contributed by atoms with Gasteiger partial charge in [0.15, 0.2) is 0 Å². The topological polar surface area (TPSA) is 0 Å². The molecule has 0 unspecified atom stereocenters. The number of allylic oxidation sites excluding steroid dienone is 4. The van der Waals surface area contributed by atoms with Crippen molar-refractivity contribution in [1.82, 2.24) is 0 Å². The Morgan fingerprint density at radius 2 is 0.655 bits per heavy atom. The fraction of sp³-hybridized carbons (Fsp3) is 0.150. The highest BCUT2D eigenvalue weighted by Crippen LogP contribution is 2.66. The molecule has 0 aliphatic heterocycles. The van der Waals surface area contributed by atoms with E-state index in [1.54, 1.807) is 72.0 Å². The molecule has 3 aromatic carbocycles. The normalized spacial score (nSPS) is 19.3. The second kappa shape index (κ2) is 15.7. The average molecular weight is 944 g/mol. The molecule has 2 aliphatic carbocycles. The molecule has 6 aromatic rings. The molecule has 3 heterocycles. The lowest BCUT2D eigenvalue weighted by atomic mass is 9.93. The van der Waals surface area contributed by atoms with Gasteiger partial charge in [-0.2, -0.15) is 52.7 Å². The van der Waals surface area contributed by atoms with Gasteiger partial charge in [-0.25, -0.2) is 8.78 Å². The Bertz CT molecular complexity index is 2320. The molecule has 0 amide bonds. The maximum absolute atomic E-state index is 15.2. The van der Waals surface area contributed by atoms with E-state index >= 15 is 17.6 Å². The first kappa shape index (κ1) is 43.3. The number of halogens is 15.